The van der Waals surface area contributed by atoms with Gasteiger partial charge in [-0.05, 0) is 6.07 Å². The Hall–Kier alpha value is -1.41. The second kappa shape index (κ2) is 3.54. The number of pyridine rings is 1. The average molecular weight is 204 g/mol. The van der Waals surface area contributed by atoms with Crippen LogP contribution >= 0.6 is 11.6 Å². The summed E-state index contributed by atoms with van der Waals surface area (Å²) in [6.45, 7) is 0. The Morgan fingerprint density at radius 1 is 1.62 bits per heavy atom. The summed E-state index contributed by atoms with van der Waals surface area (Å²) in [7, 11) is 0. The van der Waals surface area contributed by atoms with Gasteiger partial charge >= 0.3 is 0 Å². The van der Waals surface area contributed by atoms with Crippen LogP contribution in [-0.4, -0.2) is 4.98 Å². The maximum Gasteiger partial charge on any atom is 0.268 e. The van der Waals surface area contributed by atoms with Crippen molar-refractivity contribution in [3.8, 4) is 6.07 Å². The molecule has 0 saturated carbocycles. The molecule has 6 heteroatoms. The highest BCUT2D eigenvalue weighted by Crippen LogP contribution is 2.30. The quantitative estimate of drug-likeness (QED) is 0.711. The third-order valence-electron chi connectivity index (χ3n) is 1.38. The number of alkyl halides is 2. The molecule has 1 aromatic heterocycles. The van der Waals surface area contributed by atoms with E-state index in [1.165, 1.54) is 0 Å². The van der Waals surface area contributed by atoms with E-state index in [2.05, 4.69) is 4.98 Å². The van der Waals surface area contributed by atoms with Crippen molar-refractivity contribution in [2.45, 2.75) is 6.43 Å². The van der Waals surface area contributed by atoms with E-state index in [1.54, 1.807) is 6.07 Å². The molecule has 1 heterocycles. The highest BCUT2D eigenvalue weighted by molar-refractivity contribution is 6.30. The molecule has 0 amide bonds. The summed E-state index contributed by atoms with van der Waals surface area (Å²) in [5, 5.41) is 7.98. The van der Waals surface area contributed by atoms with Crippen molar-refractivity contribution >= 4 is 17.3 Å². The van der Waals surface area contributed by atoms with Crippen LogP contribution in [0.25, 0.3) is 0 Å². The highest BCUT2D eigenvalue weighted by Gasteiger charge is 2.17. The van der Waals surface area contributed by atoms with Gasteiger partial charge in [-0.3, -0.25) is 0 Å². The second-order valence-electron chi connectivity index (χ2n) is 2.21. The number of aromatic nitrogens is 1. The fraction of sp³-hybridized carbons (Fsp3) is 0.143. The van der Waals surface area contributed by atoms with Crippen LogP contribution in [0.1, 0.15) is 17.7 Å². The van der Waals surface area contributed by atoms with E-state index < -0.39 is 17.1 Å². The lowest BCUT2D eigenvalue weighted by Crippen LogP contribution is -1.99. The van der Waals surface area contributed by atoms with Gasteiger partial charge in [-0.25, -0.2) is 13.8 Å². The third kappa shape index (κ3) is 1.84. The van der Waals surface area contributed by atoms with Crippen molar-refractivity contribution < 1.29 is 8.78 Å². The van der Waals surface area contributed by atoms with Crippen LogP contribution in [0.15, 0.2) is 6.07 Å². The smallest absolute Gasteiger partial charge is 0.268 e. The molecule has 0 spiro atoms. The summed E-state index contributed by atoms with van der Waals surface area (Å²) in [6, 6.07) is 2.72. The Balaban J connectivity index is 3.33. The summed E-state index contributed by atoms with van der Waals surface area (Å²) in [4.78, 5) is 3.42. The number of nitrogens with two attached hydrogens (primary N) is 1. The topological polar surface area (TPSA) is 62.7 Å². The van der Waals surface area contributed by atoms with Crippen molar-refractivity contribution in [2.75, 3.05) is 5.73 Å². The molecule has 0 aliphatic carbocycles. The number of rotatable bonds is 1. The van der Waals surface area contributed by atoms with Crippen LogP contribution in [0.2, 0.25) is 5.15 Å². The molecule has 0 aliphatic rings. The molecule has 1 aromatic rings. The summed E-state index contributed by atoms with van der Waals surface area (Å²) in [5.74, 6) is 0. The summed E-state index contributed by atoms with van der Waals surface area (Å²) < 4.78 is 24.5. The van der Waals surface area contributed by atoms with Gasteiger partial charge in [0.15, 0.2) is 0 Å². The molecule has 0 atom stereocenters. The molecule has 0 fully saturated rings. The minimum absolute atomic E-state index is 0.0769. The predicted octanol–water partition coefficient (Wildman–Crippen LogP) is 2.13. The number of nitrogens with zero attached hydrogens (tertiary/aromatic N) is 2. The van der Waals surface area contributed by atoms with Gasteiger partial charge in [0.25, 0.3) is 6.43 Å². The summed E-state index contributed by atoms with van der Waals surface area (Å²) in [6.07, 6.45) is -2.78. The molecular weight excluding hydrogens is 200 g/mol. The fourth-order valence-electron chi connectivity index (χ4n) is 0.816. The standard InChI is InChI=1S/C7H4ClF2N3/c8-6-5(7(9)10)4(12)1-3(2-11)13-6/h1,7H,(H2,12,13). The number of hydrogen-bond donors (Lipinski definition) is 1. The Kier molecular flexibility index (Phi) is 2.63. The van der Waals surface area contributed by atoms with Crippen LogP contribution in [0, 0.1) is 11.3 Å². The van der Waals surface area contributed by atoms with Gasteiger partial charge in [0.2, 0.25) is 0 Å². The SMILES string of the molecule is N#Cc1cc(N)c(C(F)F)c(Cl)n1. The van der Waals surface area contributed by atoms with Gasteiger partial charge in [-0.2, -0.15) is 5.26 Å². The normalized spacial score (nSPS) is 10.1. The molecule has 1 rings (SSSR count). The Morgan fingerprint density at radius 2 is 2.23 bits per heavy atom. The molecule has 0 aliphatic heterocycles. The molecule has 0 saturated heterocycles. The zero-order valence-electron chi connectivity index (χ0n) is 6.26. The Labute approximate surface area is 77.7 Å². The first-order valence-corrected chi connectivity index (χ1v) is 3.58. The lowest BCUT2D eigenvalue weighted by atomic mass is 10.2. The van der Waals surface area contributed by atoms with Crippen molar-refractivity contribution in [1.29, 1.82) is 5.26 Å². The van der Waals surface area contributed by atoms with Crippen LogP contribution in [0.4, 0.5) is 14.5 Å². The van der Waals surface area contributed by atoms with Crippen molar-refractivity contribution in [1.82, 2.24) is 4.98 Å². The van der Waals surface area contributed by atoms with Crippen molar-refractivity contribution in [2.24, 2.45) is 0 Å². The van der Waals surface area contributed by atoms with Gasteiger partial charge in [0.1, 0.15) is 16.9 Å². The zero-order chi connectivity index (χ0) is 10.0. The maximum absolute atomic E-state index is 12.2. The molecule has 0 bridgehead atoms. The highest BCUT2D eigenvalue weighted by atomic mass is 35.5. The summed E-state index contributed by atoms with van der Waals surface area (Å²) >= 11 is 5.39. The van der Waals surface area contributed by atoms with E-state index in [0.29, 0.717) is 0 Å². The van der Waals surface area contributed by atoms with Crippen LogP contribution in [-0.2, 0) is 0 Å². The number of nitrogen functional groups attached to an aromatic ring is 1. The van der Waals surface area contributed by atoms with E-state index >= 15 is 0 Å². The van der Waals surface area contributed by atoms with Crippen LogP contribution in [0.5, 0.6) is 0 Å². The first-order chi connectivity index (χ1) is 6.06. The fourth-order valence-corrected chi connectivity index (χ4v) is 1.10. The molecule has 13 heavy (non-hydrogen) atoms. The van der Waals surface area contributed by atoms with E-state index in [4.69, 9.17) is 22.6 Å². The van der Waals surface area contributed by atoms with Crippen molar-refractivity contribution in [3.05, 3.63) is 22.5 Å². The molecular formula is C7H4ClF2N3. The minimum Gasteiger partial charge on any atom is -0.398 e. The molecule has 0 aromatic carbocycles. The lowest BCUT2D eigenvalue weighted by Gasteiger charge is -2.05. The predicted molar refractivity (Wildman–Crippen MR) is 43.3 cm³/mol. The first kappa shape index (κ1) is 9.68. The molecule has 2 N–H and O–H groups in total. The molecule has 3 nitrogen and oxygen atoms in total. The third-order valence-corrected chi connectivity index (χ3v) is 1.66. The van der Waals surface area contributed by atoms with E-state index in [1.807, 2.05) is 0 Å². The Bertz CT molecular complexity index is 349. The largest absolute Gasteiger partial charge is 0.398 e. The first-order valence-electron chi connectivity index (χ1n) is 3.20. The van der Waals surface area contributed by atoms with Crippen LogP contribution in [0.3, 0.4) is 0 Å². The van der Waals surface area contributed by atoms with Gasteiger partial charge in [0.05, 0.1) is 5.56 Å². The van der Waals surface area contributed by atoms with Gasteiger partial charge in [-0.1, -0.05) is 11.6 Å². The van der Waals surface area contributed by atoms with E-state index in [-0.39, 0.29) is 11.4 Å². The van der Waals surface area contributed by atoms with Gasteiger partial charge < -0.3 is 5.73 Å². The Morgan fingerprint density at radius 3 is 2.62 bits per heavy atom. The molecule has 0 radical (unpaired) electrons. The monoisotopic (exact) mass is 203 g/mol. The number of anilines is 1. The average Bonchev–Trinajstić information content (AvgIpc) is 2.02. The minimum atomic E-state index is -2.78. The van der Waals surface area contributed by atoms with Gasteiger partial charge in [0, 0.05) is 5.69 Å². The second-order valence-corrected chi connectivity index (χ2v) is 2.57. The maximum atomic E-state index is 12.2. The van der Waals surface area contributed by atoms with E-state index in [0.717, 1.165) is 6.07 Å². The van der Waals surface area contributed by atoms with Gasteiger partial charge in [-0.15, -0.1) is 0 Å². The molecule has 68 valence electrons. The summed E-state index contributed by atoms with van der Waals surface area (Å²) in [5.41, 5.74) is 4.42. The number of nitriles is 1. The number of halogens is 3. The van der Waals surface area contributed by atoms with Crippen LogP contribution < -0.4 is 5.73 Å². The van der Waals surface area contributed by atoms with E-state index in [9.17, 15) is 8.78 Å². The lowest BCUT2D eigenvalue weighted by molar-refractivity contribution is 0.152. The number of hydrogen-bond acceptors (Lipinski definition) is 3. The molecule has 0 unspecified atom stereocenters. The van der Waals surface area contributed by atoms with Crippen molar-refractivity contribution in [3.63, 3.8) is 0 Å². The zero-order valence-corrected chi connectivity index (χ0v) is 7.02.